The topological polar surface area (TPSA) is 73.6 Å². The zero-order valence-corrected chi connectivity index (χ0v) is 12.0. The summed E-state index contributed by atoms with van der Waals surface area (Å²) in [6.07, 6.45) is 0. The number of fused-ring (bicyclic) bond motifs is 1. The second-order valence-electron chi connectivity index (χ2n) is 4.74. The Kier molecular flexibility index (Phi) is 3.35. The summed E-state index contributed by atoms with van der Waals surface area (Å²) in [5, 5.41) is 3.38. The van der Waals surface area contributed by atoms with Crippen LogP contribution in [0.4, 0.5) is 11.4 Å². The molecule has 0 bridgehead atoms. The third-order valence-corrected chi connectivity index (χ3v) is 3.53. The summed E-state index contributed by atoms with van der Waals surface area (Å²) in [5.74, 6) is 1.39. The van der Waals surface area contributed by atoms with Crippen molar-refractivity contribution in [2.75, 3.05) is 17.7 Å². The first-order chi connectivity index (χ1) is 10.0. The molecule has 3 N–H and O–H groups in total. The van der Waals surface area contributed by atoms with Gasteiger partial charge in [0.1, 0.15) is 11.5 Å². The summed E-state index contributed by atoms with van der Waals surface area (Å²) >= 11 is 5.98. The minimum atomic E-state index is -0.208. The van der Waals surface area contributed by atoms with Crippen molar-refractivity contribution in [2.45, 2.75) is 6.92 Å². The smallest absolute Gasteiger partial charge is 0.262 e. The molecule has 6 heteroatoms. The molecule has 3 rings (SSSR count). The van der Waals surface area contributed by atoms with Crippen molar-refractivity contribution < 1.29 is 14.3 Å². The zero-order valence-electron chi connectivity index (χ0n) is 11.3. The van der Waals surface area contributed by atoms with Crippen LogP contribution in [0.3, 0.4) is 0 Å². The normalized spacial score (nSPS) is 13.1. The number of hydrogen-bond acceptors (Lipinski definition) is 4. The molecule has 2 aromatic rings. The molecule has 0 fully saturated rings. The fraction of sp³-hybridized carbons (Fsp3) is 0.133. The van der Waals surface area contributed by atoms with Crippen LogP contribution in [0, 0.1) is 6.92 Å². The monoisotopic (exact) mass is 304 g/mol. The predicted molar refractivity (Wildman–Crippen MR) is 81.2 cm³/mol. The number of anilines is 2. The maximum Gasteiger partial charge on any atom is 0.262 e. The third kappa shape index (κ3) is 2.73. The van der Waals surface area contributed by atoms with Gasteiger partial charge in [-0.25, -0.2) is 0 Å². The highest BCUT2D eigenvalue weighted by atomic mass is 35.5. The Morgan fingerprint density at radius 2 is 2.14 bits per heavy atom. The van der Waals surface area contributed by atoms with Crippen molar-refractivity contribution in [3.05, 3.63) is 40.9 Å². The quantitative estimate of drug-likeness (QED) is 0.834. The number of hydrogen-bond donors (Lipinski definition) is 2. The highest BCUT2D eigenvalue weighted by Gasteiger charge is 2.18. The SMILES string of the molecule is Cc1cc(Oc2cc3c(cc2N)OCC(=O)N3)ccc1Cl. The molecule has 1 amide bonds. The van der Waals surface area contributed by atoms with Crippen molar-refractivity contribution >= 4 is 28.9 Å². The largest absolute Gasteiger partial charge is 0.481 e. The van der Waals surface area contributed by atoms with Crippen LogP contribution in [-0.4, -0.2) is 12.5 Å². The number of nitrogens with one attached hydrogen (secondary N) is 1. The van der Waals surface area contributed by atoms with Gasteiger partial charge in [-0.2, -0.15) is 0 Å². The number of ether oxygens (including phenoxy) is 2. The fourth-order valence-corrected chi connectivity index (χ4v) is 2.14. The van der Waals surface area contributed by atoms with E-state index in [2.05, 4.69) is 5.32 Å². The Bertz CT molecular complexity index is 731. The number of aryl methyl sites for hydroxylation is 1. The number of nitrogen functional groups attached to an aromatic ring is 1. The Balaban J connectivity index is 1.93. The van der Waals surface area contributed by atoms with Gasteiger partial charge in [0.25, 0.3) is 5.91 Å². The first kappa shape index (κ1) is 13.6. The second-order valence-corrected chi connectivity index (χ2v) is 5.14. The Labute approximate surface area is 126 Å². The van der Waals surface area contributed by atoms with Gasteiger partial charge in [-0.15, -0.1) is 0 Å². The Morgan fingerprint density at radius 3 is 2.90 bits per heavy atom. The molecule has 108 valence electrons. The van der Waals surface area contributed by atoms with Gasteiger partial charge in [0.05, 0.1) is 11.4 Å². The minimum Gasteiger partial charge on any atom is -0.481 e. The van der Waals surface area contributed by atoms with Gasteiger partial charge in [0, 0.05) is 17.2 Å². The molecule has 0 aromatic heterocycles. The van der Waals surface area contributed by atoms with E-state index in [9.17, 15) is 4.79 Å². The van der Waals surface area contributed by atoms with Crippen LogP contribution in [0.25, 0.3) is 0 Å². The molecule has 21 heavy (non-hydrogen) atoms. The first-order valence-electron chi connectivity index (χ1n) is 6.33. The van der Waals surface area contributed by atoms with Crippen molar-refractivity contribution in [1.82, 2.24) is 0 Å². The van der Waals surface area contributed by atoms with E-state index in [0.717, 1.165) is 5.56 Å². The van der Waals surface area contributed by atoms with Crippen molar-refractivity contribution in [3.63, 3.8) is 0 Å². The average molecular weight is 305 g/mol. The molecular weight excluding hydrogens is 292 g/mol. The molecule has 0 aliphatic carbocycles. The maximum atomic E-state index is 11.3. The van der Waals surface area contributed by atoms with E-state index in [1.54, 1.807) is 24.3 Å². The molecule has 0 saturated carbocycles. The standard InChI is InChI=1S/C15H13ClN2O3/c1-8-4-9(2-3-10(8)16)21-13-6-12-14(5-11(13)17)20-7-15(19)18-12/h2-6H,7,17H2,1H3,(H,18,19). The van der Waals surface area contributed by atoms with Gasteiger partial charge in [-0.3, -0.25) is 4.79 Å². The lowest BCUT2D eigenvalue weighted by atomic mass is 10.2. The van der Waals surface area contributed by atoms with Crippen LogP contribution >= 0.6 is 11.6 Å². The van der Waals surface area contributed by atoms with Crippen LogP contribution in [0.5, 0.6) is 17.2 Å². The highest BCUT2D eigenvalue weighted by Crippen LogP contribution is 2.38. The summed E-state index contributed by atoms with van der Waals surface area (Å²) in [4.78, 5) is 11.3. The van der Waals surface area contributed by atoms with Gasteiger partial charge in [-0.1, -0.05) is 11.6 Å². The molecule has 2 aromatic carbocycles. The zero-order chi connectivity index (χ0) is 15.0. The average Bonchev–Trinajstić information content (AvgIpc) is 2.44. The predicted octanol–water partition coefficient (Wildman–Crippen LogP) is 3.35. The van der Waals surface area contributed by atoms with Gasteiger partial charge in [-0.05, 0) is 30.7 Å². The van der Waals surface area contributed by atoms with Gasteiger partial charge in [0.15, 0.2) is 12.4 Å². The summed E-state index contributed by atoms with van der Waals surface area (Å²) in [6, 6.07) is 8.60. The van der Waals surface area contributed by atoms with E-state index in [4.69, 9.17) is 26.8 Å². The van der Waals surface area contributed by atoms with Crippen LogP contribution in [0.1, 0.15) is 5.56 Å². The van der Waals surface area contributed by atoms with Gasteiger partial charge < -0.3 is 20.5 Å². The summed E-state index contributed by atoms with van der Waals surface area (Å²) in [7, 11) is 0. The number of amides is 1. The molecule has 0 spiro atoms. The molecule has 0 atom stereocenters. The van der Waals surface area contributed by atoms with E-state index in [1.165, 1.54) is 0 Å². The van der Waals surface area contributed by atoms with Crippen LogP contribution in [0.15, 0.2) is 30.3 Å². The van der Waals surface area contributed by atoms with Crippen molar-refractivity contribution in [3.8, 4) is 17.2 Å². The van der Waals surface area contributed by atoms with E-state index in [0.29, 0.717) is 33.6 Å². The lowest BCUT2D eigenvalue weighted by molar-refractivity contribution is -0.118. The number of carbonyl (C=O) groups is 1. The lowest BCUT2D eigenvalue weighted by Gasteiger charge is -2.20. The van der Waals surface area contributed by atoms with E-state index in [1.807, 2.05) is 13.0 Å². The number of nitrogens with two attached hydrogens (primary N) is 1. The molecule has 0 radical (unpaired) electrons. The molecule has 5 nitrogen and oxygen atoms in total. The Morgan fingerprint density at radius 1 is 1.33 bits per heavy atom. The second kappa shape index (κ2) is 5.18. The molecule has 0 unspecified atom stereocenters. The Hall–Kier alpha value is -2.40. The highest BCUT2D eigenvalue weighted by molar-refractivity contribution is 6.31. The summed E-state index contributed by atoms with van der Waals surface area (Å²) in [5.41, 5.74) is 7.83. The van der Waals surface area contributed by atoms with E-state index in [-0.39, 0.29) is 12.5 Å². The summed E-state index contributed by atoms with van der Waals surface area (Å²) < 4.78 is 11.0. The van der Waals surface area contributed by atoms with Gasteiger partial charge in [0.2, 0.25) is 0 Å². The van der Waals surface area contributed by atoms with E-state index < -0.39 is 0 Å². The number of benzene rings is 2. The fourth-order valence-electron chi connectivity index (χ4n) is 2.02. The molecule has 1 aliphatic heterocycles. The molecule has 1 aliphatic rings. The maximum absolute atomic E-state index is 11.3. The molecule has 1 heterocycles. The first-order valence-corrected chi connectivity index (χ1v) is 6.71. The van der Waals surface area contributed by atoms with Crippen molar-refractivity contribution in [2.24, 2.45) is 0 Å². The minimum absolute atomic E-state index is 0.0109. The summed E-state index contributed by atoms with van der Waals surface area (Å²) in [6.45, 7) is 1.88. The molecular formula is C15H13ClN2O3. The third-order valence-electron chi connectivity index (χ3n) is 3.10. The van der Waals surface area contributed by atoms with Crippen molar-refractivity contribution in [1.29, 1.82) is 0 Å². The molecule has 0 saturated heterocycles. The van der Waals surface area contributed by atoms with Gasteiger partial charge >= 0.3 is 0 Å². The number of halogens is 1. The lowest BCUT2D eigenvalue weighted by Crippen LogP contribution is -2.25. The number of carbonyl (C=O) groups excluding carboxylic acids is 1. The van der Waals surface area contributed by atoms with Crippen LogP contribution in [0.2, 0.25) is 5.02 Å². The number of rotatable bonds is 2. The van der Waals surface area contributed by atoms with Crippen LogP contribution in [-0.2, 0) is 4.79 Å². The van der Waals surface area contributed by atoms with Crippen LogP contribution < -0.4 is 20.5 Å². The van der Waals surface area contributed by atoms with E-state index >= 15 is 0 Å².